The molecule has 1 aromatic heterocycles. The third-order valence-corrected chi connectivity index (χ3v) is 7.33. The number of hydrogen-bond acceptors (Lipinski definition) is 4. The summed E-state index contributed by atoms with van der Waals surface area (Å²) in [4.78, 5) is 0.255. The molecule has 6 nitrogen and oxygen atoms in total. The predicted molar refractivity (Wildman–Crippen MR) is 131 cm³/mol. The smallest absolute Gasteiger partial charge is 0.264 e. The fourth-order valence-corrected chi connectivity index (χ4v) is 5.40. The molecular formula is C24H31ClN4O2S. The van der Waals surface area contributed by atoms with Crippen LogP contribution in [-0.2, 0) is 10.0 Å². The van der Waals surface area contributed by atoms with Crippen LogP contribution in [0.4, 0.5) is 5.69 Å². The number of hydrogen-bond donors (Lipinski definition) is 0. The number of aromatic nitrogens is 3. The molecule has 0 radical (unpaired) electrons. The maximum Gasteiger partial charge on any atom is 0.264 e. The molecule has 8 heteroatoms. The van der Waals surface area contributed by atoms with E-state index in [1.54, 1.807) is 42.5 Å². The summed E-state index contributed by atoms with van der Waals surface area (Å²) >= 11 is 6.38. The van der Waals surface area contributed by atoms with E-state index in [1.165, 1.54) is 4.31 Å². The van der Waals surface area contributed by atoms with Crippen molar-refractivity contribution in [2.45, 2.75) is 64.3 Å². The van der Waals surface area contributed by atoms with E-state index in [0.29, 0.717) is 28.6 Å². The van der Waals surface area contributed by atoms with Gasteiger partial charge in [0.2, 0.25) is 0 Å². The number of anilines is 1. The molecule has 2 aromatic carbocycles. The largest absolute Gasteiger partial charge is 0.308 e. The molecule has 0 fully saturated rings. The van der Waals surface area contributed by atoms with E-state index >= 15 is 0 Å². The van der Waals surface area contributed by atoms with Crippen LogP contribution in [0.3, 0.4) is 0 Å². The zero-order chi connectivity index (χ0) is 23.5. The third-order valence-electron chi connectivity index (χ3n) is 5.27. The van der Waals surface area contributed by atoms with Crippen LogP contribution >= 0.6 is 11.6 Å². The molecule has 0 atom stereocenters. The van der Waals surface area contributed by atoms with Gasteiger partial charge in [-0.2, -0.15) is 0 Å². The lowest BCUT2D eigenvalue weighted by atomic mass is 10.1. The van der Waals surface area contributed by atoms with E-state index < -0.39 is 10.0 Å². The fraction of sp³-hybridized carbons (Fsp3) is 0.417. The zero-order valence-electron chi connectivity index (χ0n) is 19.3. The number of benzene rings is 2. The van der Waals surface area contributed by atoms with Gasteiger partial charge in [0.1, 0.15) is 5.82 Å². The van der Waals surface area contributed by atoms with Crippen molar-refractivity contribution in [2.75, 3.05) is 10.8 Å². The lowest BCUT2D eigenvalue weighted by Gasteiger charge is -2.27. The minimum absolute atomic E-state index is 0.0963. The zero-order valence-corrected chi connectivity index (χ0v) is 20.9. The Morgan fingerprint density at radius 2 is 1.72 bits per heavy atom. The second-order valence-electron chi connectivity index (χ2n) is 8.41. The first-order valence-electron chi connectivity index (χ1n) is 11.0. The van der Waals surface area contributed by atoms with Crippen LogP contribution in [0.25, 0.3) is 11.4 Å². The maximum atomic E-state index is 13.7. The highest BCUT2D eigenvalue weighted by Gasteiger charge is 2.29. The topological polar surface area (TPSA) is 68.1 Å². The van der Waals surface area contributed by atoms with E-state index in [-0.39, 0.29) is 16.9 Å². The maximum absolute atomic E-state index is 13.7. The first-order valence-corrected chi connectivity index (χ1v) is 12.8. The van der Waals surface area contributed by atoms with Crippen LogP contribution in [0.5, 0.6) is 0 Å². The molecule has 0 N–H and O–H groups in total. The average Bonchev–Trinajstić information content (AvgIpc) is 3.21. The quantitative estimate of drug-likeness (QED) is 0.365. The van der Waals surface area contributed by atoms with Crippen molar-refractivity contribution in [3.63, 3.8) is 0 Å². The van der Waals surface area contributed by atoms with Gasteiger partial charge in [-0.3, -0.25) is 4.31 Å². The lowest BCUT2D eigenvalue weighted by Crippen LogP contribution is -2.32. The molecular weight excluding hydrogens is 444 g/mol. The summed E-state index contributed by atoms with van der Waals surface area (Å²) in [6, 6.07) is 13.9. The molecule has 0 saturated heterocycles. The number of unbranched alkanes of at least 4 members (excludes halogenated alkanes) is 1. The molecule has 0 unspecified atom stereocenters. The second-order valence-corrected chi connectivity index (χ2v) is 10.7. The third kappa shape index (κ3) is 4.84. The summed E-state index contributed by atoms with van der Waals surface area (Å²) in [7, 11) is -3.78. The number of sulfonamides is 1. The number of nitrogens with zero attached hydrogens (tertiary/aromatic N) is 4. The van der Waals surface area contributed by atoms with Gasteiger partial charge in [-0.1, -0.05) is 57.0 Å². The van der Waals surface area contributed by atoms with E-state index in [0.717, 1.165) is 18.7 Å². The molecule has 0 aliphatic carbocycles. The second kappa shape index (κ2) is 10.0. The number of rotatable bonds is 9. The Hall–Kier alpha value is -2.38. The summed E-state index contributed by atoms with van der Waals surface area (Å²) in [6.45, 7) is 10.7. The Bertz CT molecular complexity index is 1160. The first-order chi connectivity index (χ1) is 15.2. The summed E-state index contributed by atoms with van der Waals surface area (Å²) in [5, 5.41) is 9.42. The minimum Gasteiger partial charge on any atom is -0.308 e. The summed E-state index contributed by atoms with van der Waals surface area (Å²) in [6.07, 6.45) is 1.59. The van der Waals surface area contributed by atoms with Crippen LogP contribution in [0.2, 0.25) is 5.02 Å². The van der Waals surface area contributed by atoms with Crippen molar-refractivity contribution in [3.05, 3.63) is 59.4 Å². The van der Waals surface area contributed by atoms with Crippen LogP contribution < -0.4 is 4.31 Å². The van der Waals surface area contributed by atoms with Gasteiger partial charge in [-0.15, -0.1) is 10.2 Å². The molecule has 3 aromatic rings. The Balaban J connectivity index is 2.26. The summed E-state index contributed by atoms with van der Waals surface area (Å²) in [5.74, 6) is 1.64. The van der Waals surface area contributed by atoms with Gasteiger partial charge in [0.15, 0.2) is 5.82 Å². The van der Waals surface area contributed by atoms with Crippen LogP contribution in [0.15, 0.2) is 53.4 Å². The molecule has 0 amide bonds. The van der Waals surface area contributed by atoms with Gasteiger partial charge in [0.05, 0.1) is 10.6 Å². The molecule has 0 aliphatic heterocycles. The van der Waals surface area contributed by atoms with Gasteiger partial charge in [-0.25, -0.2) is 8.42 Å². The van der Waals surface area contributed by atoms with Crippen LogP contribution in [-0.4, -0.2) is 29.7 Å². The molecule has 3 rings (SSSR count). The normalized spacial score (nSPS) is 12.0. The Morgan fingerprint density at radius 1 is 1.03 bits per heavy atom. The Labute approximate surface area is 196 Å². The molecule has 1 heterocycles. The van der Waals surface area contributed by atoms with Gasteiger partial charge >= 0.3 is 0 Å². The van der Waals surface area contributed by atoms with Crippen molar-refractivity contribution in [1.29, 1.82) is 0 Å². The van der Waals surface area contributed by atoms with E-state index in [1.807, 2.05) is 13.0 Å². The predicted octanol–water partition coefficient (Wildman–Crippen LogP) is 6.30. The van der Waals surface area contributed by atoms with Crippen molar-refractivity contribution >= 4 is 27.3 Å². The highest BCUT2D eigenvalue weighted by Crippen LogP contribution is 2.37. The lowest BCUT2D eigenvalue weighted by molar-refractivity contribution is 0.554. The summed E-state index contributed by atoms with van der Waals surface area (Å²) < 4.78 is 30.9. The van der Waals surface area contributed by atoms with E-state index in [2.05, 4.69) is 42.5 Å². The van der Waals surface area contributed by atoms with Crippen molar-refractivity contribution in [3.8, 4) is 11.4 Å². The SMILES string of the molecule is CCCCN(c1ccc(Cl)cc1-c1nnc(C(C)C)n1C(C)C)S(=O)(=O)c1ccccc1. The standard InChI is InChI=1S/C24H31ClN4O2S/c1-6-7-15-28(32(30,31)20-11-9-8-10-12-20)22-14-13-19(25)16-21(22)24-27-26-23(17(2)3)29(24)18(4)5/h8-14,16-18H,6-7,15H2,1-5H3. The van der Waals surface area contributed by atoms with Crippen LogP contribution in [0, 0.1) is 0 Å². The number of halogens is 1. The molecule has 172 valence electrons. The molecule has 0 aliphatic rings. The fourth-order valence-electron chi connectivity index (χ4n) is 3.69. The van der Waals surface area contributed by atoms with Gasteiger partial charge in [-0.05, 0) is 50.6 Å². The highest BCUT2D eigenvalue weighted by atomic mass is 35.5. The molecule has 0 bridgehead atoms. The Morgan fingerprint density at radius 3 is 2.31 bits per heavy atom. The molecule has 32 heavy (non-hydrogen) atoms. The molecule has 0 spiro atoms. The van der Waals surface area contributed by atoms with Gasteiger partial charge < -0.3 is 4.57 Å². The minimum atomic E-state index is -3.78. The average molecular weight is 475 g/mol. The highest BCUT2D eigenvalue weighted by molar-refractivity contribution is 7.92. The Kier molecular flexibility index (Phi) is 7.62. The van der Waals surface area contributed by atoms with Gasteiger partial charge in [0, 0.05) is 29.1 Å². The first kappa shape index (κ1) is 24.3. The molecule has 0 saturated carbocycles. The monoisotopic (exact) mass is 474 g/mol. The van der Waals surface area contributed by atoms with E-state index in [9.17, 15) is 8.42 Å². The summed E-state index contributed by atoms with van der Waals surface area (Å²) in [5.41, 5.74) is 1.21. The van der Waals surface area contributed by atoms with E-state index in [4.69, 9.17) is 11.6 Å². The van der Waals surface area contributed by atoms with Crippen molar-refractivity contribution < 1.29 is 8.42 Å². The van der Waals surface area contributed by atoms with Crippen LogP contribution in [0.1, 0.15) is 65.2 Å². The van der Waals surface area contributed by atoms with Crippen molar-refractivity contribution in [2.24, 2.45) is 0 Å². The van der Waals surface area contributed by atoms with Gasteiger partial charge in [0.25, 0.3) is 10.0 Å². The van der Waals surface area contributed by atoms with Crippen molar-refractivity contribution in [1.82, 2.24) is 14.8 Å².